The van der Waals surface area contributed by atoms with Crippen molar-refractivity contribution in [3.05, 3.63) is 71.5 Å². The fraction of sp³-hybridized carbons (Fsp3) is 0.304. The molecule has 0 atom stereocenters. The van der Waals surface area contributed by atoms with Crippen molar-refractivity contribution in [1.29, 1.82) is 0 Å². The molecule has 6 nitrogen and oxygen atoms in total. The Kier molecular flexibility index (Phi) is 6.99. The van der Waals surface area contributed by atoms with Crippen LogP contribution < -0.4 is 20.3 Å². The number of ether oxygens (including phenoxy) is 1. The minimum absolute atomic E-state index is 0.295. The van der Waals surface area contributed by atoms with Gasteiger partial charge in [0.15, 0.2) is 5.96 Å². The zero-order valence-electron chi connectivity index (χ0n) is 17.4. The number of anilines is 1. The van der Waals surface area contributed by atoms with Crippen molar-refractivity contribution in [3.63, 3.8) is 0 Å². The van der Waals surface area contributed by atoms with E-state index in [0.29, 0.717) is 24.2 Å². The number of guanidine groups is 1. The molecule has 1 fully saturated rings. The van der Waals surface area contributed by atoms with E-state index in [-0.39, 0.29) is 5.82 Å². The van der Waals surface area contributed by atoms with Crippen LogP contribution in [0, 0.1) is 5.82 Å². The highest BCUT2D eigenvalue weighted by atomic mass is 32.1. The minimum atomic E-state index is -0.295. The summed E-state index contributed by atoms with van der Waals surface area (Å²) < 4.78 is 18.6. The van der Waals surface area contributed by atoms with Gasteiger partial charge < -0.3 is 20.3 Å². The van der Waals surface area contributed by atoms with Gasteiger partial charge in [-0.05, 0) is 60.2 Å². The Hall–Kier alpha value is -3.13. The van der Waals surface area contributed by atoms with Crippen molar-refractivity contribution in [2.24, 2.45) is 4.99 Å². The summed E-state index contributed by atoms with van der Waals surface area (Å²) >= 11 is 1.80. The summed E-state index contributed by atoms with van der Waals surface area (Å²) in [6, 6.07) is 14.3. The number of hydrogen-bond acceptors (Lipinski definition) is 5. The van der Waals surface area contributed by atoms with Crippen LogP contribution in [0.4, 0.5) is 9.39 Å². The third kappa shape index (κ3) is 5.95. The molecule has 31 heavy (non-hydrogen) atoms. The Morgan fingerprint density at radius 1 is 1.19 bits per heavy atom. The number of halogens is 1. The molecule has 3 aromatic rings. The van der Waals surface area contributed by atoms with Gasteiger partial charge in [-0.2, -0.15) is 0 Å². The average Bonchev–Trinajstić information content (AvgIpc) is 3.34. The monoisotopic (exact) mass is 439 g/mol. The lowest BCUT2D eigenvalue weighted by atomic mass is 10.1. The molecule has 0 unspecified atom stereocenters. The maximum atomic E-state index is 13.0. The highest BCUT2D eigenvalue weighted by Crippen LogP contribution is 2.25. The van der Waals surface area contributed by atoms with Gasteiger partial charge in [0.05, 0.1) is 5.00 Å². The predicted molar refractivity (Wildman–Crippen MR) is 124 cm³/mol. The number of nitrogens with one attached hydrogen (secondary N) is 2. The van der Waals surface area contributed by atoms with Crippen LogP contribution in [0.1, 0.15) is 18.4 Å². The Balaban J connectivity index is 1.23. The first-order chi connectivity index (χ1) is 15.2. The van der Waals surface area contributed by atoms with Crippen molar-refractivity contribution in [1.82, 2.24) is 15.6 Å². The van der Waals surface area contributed by atoms with Gasteiger partial charge in [0, 0.05) is 45.0 Å². The summed E-state index contributed by atoms with van der Waals surface area (Å²) in [4.78, 5) is 11.1. The number of thiophene rings is 1. The summed E-state index contributed by atoms with van der Waals surface area (Å²) in [5.41, 5.74) is 1.02. The number of rotatable bonds is 6. The molecule has 0 bridgehead atoms. The van der Waals surface area contributed by atoms with E-state index in [1.807, 2.05) is 6.07 Å². The number of aromatic nitrogens is 1. The Morgan fingerprint density at radius 3 is 2.65 bits per heavy atom. The van der Waals surface area contributed by atoms with Crippen LogP contribution in [0.2, 0.25) is 0 Å². The first kappa shape index (κ1) is 21.1. The van der Waals surface area contributed by atoms with Crippen LogP contribution in [-0.2, 0) is 6.54 Å². The van der Waals surface area contributed by atoms with Gasteiger partial charge >= 0.3 is 0 Å². The Morgan fingerprint density at radius 2 is 2.00 bits per heavy atom. The van der Waals surface area contributed by atoms with Gasteiger partial charge in [-0.3, -0.25) is 4.99 Å². The van der Waals surface area contributed by atoms with Gasteiger partial charge in [0.25, 0.3) is 0 Å². The summed E-state index contributed by atoms with van der Waals surface area (Å²) in [5, 5.41) is 10.4. The smallest absolute Gasteiger partial charge is 0.219 e. The van der Waals surface area contributed by atoms with Gasteiger partial charge in [0.2, 0.25) is 5.88 Å². The van der Waals surface area contributed by atoms with Crippen molar-refractivity contribution in [2.45, 2.75) is 25.4 Å². The van der Waals surface area contributed by atoms with Crippen molar-refractivity contribution < 1.29 is 9.13 Å². The molecule has 1 aliphatic rings. The largest absolute Gasteiger partial charge is 0.439 e. The van der Waals surface area contributed by atoms with Crippen LogP contribution in [0.5, 0.6) is 11.6 Å². The van der Waals surface area contributed by atoms with E-state index in [9.17, 15) is 4.39 Å². The fourth-order valence-electron chi connectivity index (χ4n) is 3.47. The molecular formula is C23H26FN5OS. The molecular weight excluding hydrogens is 413 g/mol. The third-order valence-corrected chi connectivity index (χ3v) is 6.10. The molecule has 1 aliphatic heterocycles. The van der Waals surface area contributed by atoms with E-state index in [1.54, 1.807) is 42.8 Å². The standard InChI is InChI=1S/C23H26FN5OS/c1-25-23(28-19-10-12-29(13-11-19)22-3-2-14-31-22)27-16-17-4-9-21(26-15-17)30-20-7-5-18(24)6-8-20/h2-9,14-15,19H,10-13,16H2,1H3,(H2,25,27,28). The van der Waals surface area contributed by atoms with E-state index < -0.39 is 0 Å². The molecule has 0 amide bonds. The van der Waals surface area contributed by atoms with E-state index >= 15 is 0 Å². The molecule has 3 heterocycles. The summed E-state index contributed by atoms with van der Waals surface area (Å²) in [7, 11) is 1.79. The number of hydrogen-bond donors (Lipinski definition) is 2. The number of benzene rings is 1. The van der Waals surface area contributed by atoms with Crippen LogP contribution in [0.15, 0.2) is 65.1 Å². The van der Waals surface area contributed by atoms with Crippen LogP contribution in [0.25, 0.3) is 0 Å². The third-order valence-electron chi connectivity index (χ3n) is 5.17. The van der Waals surface area contributed by atoms with Crippen LogP contribution in [-0.4, -0.2) is 37.1 Å². The lowest BCUT2D eigenvalue weighted by molar-refractivity contribution is 0.460. The Bertz CT molecular complexity index is 968. The van der Waals surface area contributed by atoms with E-state index in [2.05, 4.69) is 43.0 Å². The van der Waals surface area contributed by atoms with Gasteiger partial charge in [0.1, 0.15) is 11.6 Å². The normalized spacial score (nSPS) is 15.0. The topological polar surface area (TPSA) is 61.8 Å². The molecule has 2 N–H and O–H groups in total. The number of nitrogens with zero attached hydrogens (tertiary/aromatic N) is 3. The lowest BCUT2D eigenvalue weighted by Gasteiger charge is -2.33. The summed E-state index contributed by atoms with van der Waals surface area (Å²) in [6.45, 7) is 2.71. The van der Waals surface area contributed by atoms with E-state index in [4.69, 9.17) is 4.74 Å². The van der Waals surface area contributed by atoms with Crippen molar-refractivity contribution in [2.75, 3.05) is 25.0 Å². The molecule has 0 spiro atoms. The molecule has 0 aliphatic carbocycles. The van der Waals surface area contributed by atoms with Gasteiger partial charge in [-0.1, -0.05) is 6.07 Å². The van der Waals surface area contributed by atoms with Crippen molar-refractivity contribution >= 4 is 22.3 Å². The maximum absolute atomic E-state index is 13.0. The highest BCUT2D eigenvalue weighted by molar-refractivity contribution is 7.14. The highest BCUT2D eigenvalue weighted by Gasteiger charge is 2.20. The molecule has 1 aromatic carbocycles. The first-order valence-electron chi connectivity index (χ1n) is 10.3. The molecule has 162 valence electrons. The Labute approximate surface area is 185 Å². The molecule has 0 saturated carbocycles. The van der Waals surface area contributed by atoms with Crippen LogP contribution in [0.3, 0.4) is 0 Å². The second-order valence-electron chi connectivity index (χ2n) is 7.34. The number of pyridine rings is 1. The van der Waals surface area contributed by atoms with Crippen molar-refractivity contribution in [3.8, 4) is 11.6 Å². The average molecular weight is 440 g/mol. The van der Waals surface area contributed by atoms with Crippen LogP contribution >= 0.6 is 11.3 Å². The first-order valence-corrected chi connectivity index (χ1v) is 11.2. The van der Waals surface area contributed by atoms with Gasteiger partial charge in [-0.25, -0.2) is 9.37 Å². The predicted octanol–water partition coefficient (Wildman–Crippen LogP) is 4.41. The van der Waals surface area contributed by atoms with E-state index in [1.165, 1.54) is 17.1 Å². The molecule has 0 radical (unpaired) electrons. The lowest BCUT2D eigenvalue weighted by Crippen LogP contribution is -2.48. The molecule has 4 rings (SSSR count). The fourth-order valence-corrected chi connectivity index (χ4v) is 4.25. The quantitative estimate of drug-likeness (QED) is 0.440. The second-order valence-corrected chi connectivity index (χ2v) is 8.27. The van der Waals surface area contributed by atoms with Gasteiger partial charge in [-0.15, -0.1) is 11.3 Å². The number of aliphatic imine (C=N–C) groups is 1. The number of piperidine rings is 1. The molecule has 2 aromatic heterocycles. The molecule has 8 heteroatoms. The summed E-state index contributed by atoms with van der Waals surface area (Å²) in [5.74, 6) is 1.52. The van der Waals surface area contributed by atoms with E-state index in [0.717, 1.165) is 37.5 Å². The zero-order valence-corrected chi connectivity index (χ0v) is 18.2. The summed E-state index contributed by atoms with van der Waals surface area (Å²) in [6.07, 6.45) is 3.92. The molecule has 1 saturated heterocycles. The SMILES string of the molecule is CN=C(NCc1ccc(Oc2ccc(F)cc2)nc1)NC1CCN(c2cccs2)CC1. The minimum Gasteiger partial charge on any atom is -0.439 e. The zero-order chi connectivity index (χ0) is 21.5. The second kappa shape index (κ2) is 10.3. The maximum Gasteiger partial charge on any atom is 0.219 e.